The molecule has 20 heavy (non-hydrogen) atoms. The third-order valence-electron chi connectivity index (χ3n) is 3.50. The number of hydrogen-bond acceptors (Lipinski definition) is 4. The van der Waals surface area contributed by atoms with E-state index in [1.807, 2.05) is 12.1 Å². The molecule has 0 amide bonds. The van der Waals surface area contributed by atoms with Crippen LogP contribution < -0.4 is 14.8 Å². The van der Waals surface area contributed by atoms with Gasteiger partial charge in [-0.3, -0.25) is 4.98 Å². The van der Waals surface area contributed by atoms with Crippen molar-refractivity contribution in [1.82, 2.24) is 4.98 Å². The minimum absolute atomic E-state index is 0.707. The van der Waals surface area contributed by atoms with Gasteiger partial charge >= 0.3 is 0 Å². The van der Waals surface area contributed by atoms with Gasteiger partial charge in [0.2, 0.25) is 0 Å². The number of methoxy groups -OCH3 is 2. The molecule has 1 aromatic heterocycles. The number of fused-ring (bicyclic) bond motifs is 1. The number of hydrogen-bond donors (Lipinski definition) is 1. The van der Waals surface area contributed by atoms with E-state index in [4.69, 9.17) is 14.5 Å². The van der Waals surface area contributed by atoms with Gasteiger partial charge in [0.25, 0.3) is 0 Å². The highest BCUT2D eigenvalue weighted by molar-refractivity contribution is 5.95. The van der Waals surface area contributed by atoms with Crippen LogP contribution in [0, 0.1) is 6.92 Å². The molecule has 2 aromatic rings. The summed E-state index contributed by atoms with van der Waals surface area (Å²) in [5.41, 5.74) is 4.39. The van der Waals surface area contributed by atoms with Gasteiger partial charge in [-0.05, 0) is 31.9 Å². The topological polar surface area (TPSA) is 43.4 Å². The minimum atomic E-state index is 0.707. The molecule has 0 aliphatic carbocycles. The SMILES string of the molecule is CCNc1c(CC)c(C)nc2cc(OC)c(OC)cc12. The molecule has 0 atom stereocenters. The maximum atomic E-state index is 5.40. The van der Waals surface area contributed by atoms with Crippen molar-refractivity contribution in [3.63, 3.8) is 0 Å². The van der Waals surface area contributed by atoms with Gasteiger partial charge < -0.3 is 14.8 Å². The van der Waals surface area contributed by atoms with E-state index in [2.05, 4.69) is 26.1 Å². The van der Waals surface area contributed by atoms with Gasteiger partial charge in [-0.2, -0.15) is 0 Å². The first-order valence-corrected chi connectivity index (χ1v) is 6.95. The number of nitrogens with one attached hydrogen (secondary N) is 1. The number of anilines is 1. The highest BCUT2D eigenvalue weighted by atomic mass is 16.5. The molecule has 0 unspecified atom stereocenters. The van der Waals surface area contributed by atoms with Gasteiger partial charge in [-0.1, -0.05) is 6.92 Å². The van der Waals surface area contributed by atoms with Crippen LogP contribution in [-0.2, 0) is 6.42 Å². The lowest BCUT2D eigenvalue weighted by atomic mass is 10.0. The number of aryl methyl sites for hydroxylation is 1. The quantitative estimate of drug-likeness (QED) is 0.905. The van der Waals surface area contributed by atoms with Crippen molar-refractivity contribution in [2.45, 2.75) is 27.2 Å². The van der Waals surface area contributed by atoms with Gasteiger partial charge in [0.05, 0.1) is 19.7 Å². The Morgan fingerprint density at radius 3 is 2.30 bits per heavy atom. The second kappa shape index (κ2) is 5.99. The smallest absolute Gasteiger partial charge is 0.162 e. The van der Waals surface area contributed by atoms with E-state index < -0.39 is 0 Å². The van der Waals surface area contributed by atoms with Crippen molar-refractivity contribution >= 4 is 16.6 Å². The summed E-state index contributed by atoms with van der Waals surface area (Å²) in [4.78, 5) is 4.70. The molecule has 0 spiro atoms. The van der Waals surface area contributed by atoms with Gasteiger partial charge in [0.1, 0.15) is 0 Å². The van der Waals surface area contributed by atoms with Crippen molar-refractivity contribution in [3.8, 4) is 11.5 Å². The molecule has 0 aliphatic rings. The van der Waals surface area contributed by atoms with E-state index in [0.29, 0.717) is 5.75 Å². The van der Waals surface area contributed by atoms with Gasteiger partial charge in [0.15, 0.2) is 11.5 Å². The molecule has 108 valence electrons. The Labute approximate surface area is 120 Å². The molecule has 1 heterocycles. The van der Waals surface area contributed by atoms with Crippen LogP contribution in [0.25, 0.3) is 10.9 Å². The fourth-order valence-corrected chi connectivity index (χ4v) is 2.56. The first kappa shape index (κ1) is 14.4. The average molecular weight is 274 g/mol. The maximum absolute atomic E-state index is 5.40. The van der Waals surface area contributed by atoms with Gasteiger partial charge in [0, 0.05) is 29.4 Å². The molecule has 4 heteroatoms. The first-order valence-electron chi connectivity index (χ1n) is 6.95. The number of rotatable bonds is 5. The van der Waals surface area contributed by atoms with Gasteiger partial charge in [-0.15, -0.1) is 0 Å². The first-order chi connectivity index (χ1) is 9.65. The zero-order chi connectivity index (χ0) is 14.7. The predicted molar refractivity (Wildman–Crippen MR) is 83.1 cm³/mol. The Kier molecular flexibility index (Phi) is 4.32. The lowest BCUT2D eigenvalue weighted by molar-refractivity contribution is 0.356. The zero-order valence-corrected chi connectivity index (χ0v) is 12.8. The maximum Gasteiger partial charge on any atom is 0.162 e. The molecule has 0 saturated carbocycles. The largest absolute Gasteiger partial charge is 0.493 e. The Hall–Kier alpha value is -1.97. The van der Waals surface area contributed by atoms with Crippen LogP contribution in [0.2, 0.25) is 0 Å². The number of nitrogens with zero attached hydrogens (tertiary/aromatic N) is 1. The van der Waals surface area contributed by atoms with E-state index in [1.54, 1.807) is 14.2 Å². The van der Waals surface area contributed by atoms with Crippen LogP contribution in [0.1, 0.15) is 25.1 Å². The van der Waals surface area contributed by atoms with Crippen LogP contribution in [0.4, 0.5) is 5.69 Å². The van der Waals surface area contributed by atoms with Crippen LogP contribution in [0.3, 0.4) is 0 Å². The third-order valence-corrected chi connectivity index (χ3v) is 3.50. The summed E-state index contributed by atoms with van der Waals surface area (Å²) < 4.78 is 10.8. The molecule has 1 aromatic carbocycles. The van der Waals surface area contributed by atoms with Crippen molar-refractivity contribution in [2.24, 2.45) is 0 Å². The molecule has 2 rings (SSSR count). The second-order valence-corrected chi connectivity index (χ2v) is 4.66. The molecular formula is C16H22N2O2. The monoisotopic (exact) mass is 274 g/mol. The third kappa shape index (κ3) is 2.38. The molecule has 0 saturated heterocycles. The summed E-state index contributed by atoms with van der Waals surface area (Å²) in [7, 11) is 3.29. The molecule has 0 bridgehead atoms. The minimum Gasteiger partial charge on any atom is -0.493 e. The summed E-state index contributed by atoms with van der Waals surface area (Å²) in [6.45, 7) is 7.18. The summed E-state index contributed by atoms with van der Waals surface area (Å²) >= 11 is 0. The number of aromatic nitrogens is 1. The number of ether oxygens (including phenoxy) is 2. The molecule has 1 N–H and O–H groups in total. The lowest BCUT2D eigenvalue weighted by Crippen LogP contribution is -2.05. The highest BCUT2D eigenvalue weighted by Crippen LogP contribution is 2.37. The Balaban J connectivity index is 2.80. The van der Waals surface area contributed by atoms with Crippen LogP contribution in [0.15, 0.2) is 12.1 Å². The average Bonchev–Trinajstić information content (AvgIpc) is 2.46. The number of pyridine rings is 1. The van der Waals surface area contributed by atoms with Crippen LogP contribution in [0.5, 0.6) is 11.5 Å². The molecule has 0 radical (unpaired) electrons. The van der Waals surface area contributed by atoms with E-state index in [0.717, 1.165) is 41.0 Å². The Morgan fingerprint density at radius 2 is 1.75 bits per heavy atom. The van der Waals surface area contributed by atoms with Crippen LogP contribution >= 0.6 is 0 Å². The normalized spacial score (nSPS) is 10.7. The van der Waals surface area contributed by atoms with E-state index in [9.17, 15) is 0 Å². The fraction of sp³-hybridized carbons (Fsp3) is 0.438. The Morgan fingerprint density at radius 1 is 1.10 bits per heavy atom. The molecule has 4 nitrogen and oxygen atoms in total. The highest BCUT2D eigenvalue weighted by Gasteiger charge is 2.14. The molecular weight excluding hydrogens is 252 g/mol. The van der Waals surface area contributed by atoms with Gasteiger partial charge in [-0.25, -0.2) is 0 Å². The van der Waals surface area contributed by atoms with E-state index in [-0.39, 0.29) is 0 Å². The zero-order valence-electron chi connectivity index (χ0n) is 12.8. The van der Waals surface area contributed by atoms with Crippen molar-refractivity contribution < 1.29 is 9.47 Å². The lowest BCUT2D eigenvalue weighted by Gasteiger charge is -2.17. The second-order valence-electron chi connectivity index (χ2n) is 4.66. The fourth-order valence-electron chi connectivity index (χ4n) is 2.56. The summed E-state index contributed by atoms with van der Waals surface area (Å²) in [5.74, 6) is 1.44. The van der Waals surface area contributed by atoms with E-state index >= 15 is 0 Å². The van der Waals surface area contributed by atoms with E-state index in [1.165, 1.54) is 5.56 Å². The van der Waals surface area contributed by atoms with Crippen molar-refractivity contribution in [2.75, 3.05) is 26.1 Å². The van der Waals surface area contributed by atoms with Crippen LogP contribution in [-0.4, -0.2) is 25.7 Å². The summed E-state index contributed by atoms with van der Waals surface area (Å²) in [6.07, 6.45) is 0.950. The standard InChI is InChI=1S/C16H22N2O2/c1-6-11-10(3)18-13-9-15(20-5)14(19-4)8-12(13)16(11)17-7-2/h8-9H,6-7H2,1-5H3,(H,17,18). The summed E-state index contributed by atoms with van der Waals surface area (Å²) in [5, 5.41) is 4.54. The number of benzene rings is 1. The Bertz CT molecular complexity index is 624. The molecule has 0 aliphatic heterocycles. The predicted octanol–water partition coefficient (Wildman–Crippen LogP) is 3.55. The summed E-state index contributed by atoms with van der Waals surface area (Å²) in [6, 6.07) is 3.93. The van der Waals surface area contributed by atoms with Crippen molar-refractivity contribution in [1.29, 1.82) is 0 Å². The van der Waals surface area contributed by atoms with Crippen molar-refractivity contribution in [3.05, 3.63) is 23.4 Å². The molecule has 0 fully saturated rings.